The molecule has 1 aromatic carbocycles. The average Bonchev–Trinajstić information content (AvgIpc) is 2.18. The van der Waals surface area contributed by atoms with Crippen molar-refractivity contribution in [1.82, 2.24) is 0 Å². The lowest BCUT2D eigenvalue weighted by Gasteiger charge is -2.33. The summed E-state index contributed by atoms with van der Waals surface area (Å²) in [5.41, 5.74) is 3.75. The number of alkyl halides is 2. The van der Waals surface area contributed by atoms with Crippen molar-refractivity contribution in [3.63, 3.8) is 0 Å². The van der Waals surface area contributed by atoms with E-state index in [1.54, 1.807) is 0 Å². The third-order valence-electron chi connectivity index (χ3n) is 2.57. The minimum absolute atomic E-state index is 0.141. The Hall–Kier alpha value is -1.03. The van der Waals surface area contributed by atoms with Crippen molar-refractivity contribution in [1.29, 1.82) is 0 Å². The van der Waals surface area contributed by atoms with Gasteiger partial charge in [-0.2, -0.15) is 0 Å². The Morgan fingerprint density at radius 2 is 1.60 bits per heavy atom. The molecule has 0 spiro atoms. The van der Waals surface area contributed by atoms with Gasteiger partial charge in [-0.3, -0.25) is 0 Å². The maximum Gasteiger partial charge on any atom is 0.279 e. The van der Waals surface area contributed by atoms with Gasteiger partial charge >= 0.3 is 0 Å². The first kappa shape index (κ1) is 12.0. The molecule has 0 radical (unpaired) electrons. The lowest BCUT2D eigenvalue weighted by molar-refractivity contribution is -0.108. The molecule has 4 heteroatoms. The van der Waals surface area contributed by atoms with Crippen molar-refractivity contribution in [2.45, 2.75) is 19.8 Å². The van der Waals surface area contributed by atoms with E-state index in [2.05, 4.69) is 0 Å². The predicted molar refractivity (Wildman–Crippen MR) is 53.1 cm³/mol. The van der Waals surface area contributed by atoms with Crippen LogP contribution in [-0.2, 0) is 5.92 Å². The summed E-state index contributed by atoms with van der Waals surface area (Å²) in [6.45, 7) is 2.63. The van der Waals surface area contributed by atoms with Crippen molar-refractivity contribution >= 4 is 0 Å². The summed E-state index contributed by atoms with van der Waals surface area (Å²) < 4.78 is 40.3. The SMILES string of the molecule is CC(C)(CN)C(F)(F)c1ccc(F)cc1. The Labute approximate surface area is 87.1 Å². The van der Waals surface area contributed by atoms with Crippen LogP contribution < -0.4 is 5.73 Å². The Morgan fingerprint density at radius 3 is 2.00 bits per heavy atom. The summed E-state index contributed by atoms with van der Waals surface area (Å²) in [6, 6.07) is 4.23. The Balaban J connectivity index is 3.10. The molecule has 1 nitrogen and oxygen atoms in total. The third-order valence-corrected chi connectivity index (χ3v) is 2.57. The van der Waals surface area contributed by atoms with Crippen molar-refractivity contribution in [3.8, 4) is 0 Å². The van der Waals surface area contributed by atoms with Crippen molar-refractivity contribution in [2.24, 2.45) is 11.1 Å². The number of halogens is 3. The lowest BCUT2D eigenvalue weighted by Crippen LogP contribution is -2.40. The maximum atomic E-state index is 13.9. The molecule has 0 aromatic heterocycles. The minimum atomic E-state index is -3.06. The van der Waals surface area contributed by atoms with Gasteiger partial charge in [0.15, 0.2) is 0 Å². The van der Waals surface area contributed by atoms with Crippen LogP contribution in [0.15, 0.2) is 24.3 Å². The number of rotatable bonds is 3. The smallest absolute Gasteiger partial charge is 0.279 e. The van der Waals surface area contributed by atoms with Gasteiger partial charge in [0, 0.05) is 17.5 Å². The van der Waals surface area contributed by atoms with E-state index >= 15 is 0 Å². The first-order chi connectivity index (χ1) is 6.81. The number of benzene rings is 1. The van der Waals surface area contributed by atoms with Gasteiger partial charge in [-0.1, -0.05) is 26.0 Å². The van der Waals surface area contributed by atoms with E-state index in [9.17, 15) is 13.2 Å². The first-order valence-electron chi connectivity index (χ1n) is 4.65. The molecule has 0 amide bonds. The Kier molecular flexibility index (Phi) is 3.09. The molecule has 0 bridgehead atoms. The van der Waals surface area contributed by atoms with E-state index in [0.29, 0.717) is 0 Å². The second kappa shape index (κ2) is 3.85. The van der Waals surface area contributed by atoms with Gasteiger partial charge < -0.3 is 5.73 Å². The fourth-order valence-corrected chi connectivity index (χ4v) is 1.18. The zero-order valence-electron chi connectivity index (χ0n) is 8.73. The summed E-state index contributed by atoms with van der Waals surface area (Å²) in [7, 11) is 0. The molecule has 2 N–H and O–H groups in total. The molecule has 0 aliphatic rings. The topological polar surface area (TPSA) is 26.0 Å². The quantitative estimate of drug-likeness (QED) is 0.827. The first-order valence-corrected chi connectivity index (χ1v) is 4.65. The molecule has 84 valence electrons. The van der Waals surface area contributed by atoms with E-state index in [1.807, 2.05) is 0 Å². The minimum Gasteiger partial charge on any atom is -0.330 e. The number of nitrogens with two attached hydrogens (primary N) is 1. The molecule has 0 fully saturated rings. The van der Waals surface area contributed by atoms with Gasteiger partial charge in [0.05, 0.1) is 0 Å². The van der Waals surface area contributed by atoms with E-state index < -0.39 is 17.2 Å². The second-order valence-electron chi connectivity index (χ2n) is 4.17. The van der Waals surface area contributed by atoms with Gasteiger partial charge in [-0.15, -0.1) is 0 Å². The number of hydrogen-bond acceptors (Lipinski definition) is 1. The van der Waals surface area contributed by atoms with Crippen molar-refractivity contribution in [2.75, 3.05) is 6.54 Å². The molecule has 0 aliphatic carbocycles. The van der Waals surface area contributed by atoms with E-state index in [4.69, 9.17) is 5.73 Å². The zero-order chi connectivity index (χ0) is 11.7. The van der Waals surface area contributed by atoms with Crippen molar-refractivity contribution < 1.29 is 13.2 Å². The van der Waals surface area contributed by atoms with Crippen LogP contribution in [0.25, 0.3) is 0 Å². The monoisotopic (exact) mass is 217 g/mol. The van der Waals surface area contributed by atoms with Crippen LogP contribution in [0.3, 0.4) is 0 Å². The molecule has 0 aliphatic heterocycles. The third kappa shape index (κ3) is 2.15. The molecule has 0 atom stereocenters. The van der Waals surface area contributed by atoms with Crippen LogP contribution in [0, 0.1) is 11.2 Å². The van der Waals surface area contributed by atoms with Gasteiger partial charge in [-0.05, 0) is 12.1 Å². The van der Waals surface area contributed by atoms with E-state index in [-0.39, 0.29) is 12.1 Å². The van der Waals surface area contributed by atoms with Gasteiger partial charge in [0.2, 0.25) is 0 Å². The van der Waals surface area contributed by atoms with Crippen LogP contribution in [0.5, 0.6) is 0 Å². The van der Waals surface area contributed by atoms with Gasteiger partial charge in [0.25, 0.3) is 5.92 Å². The highest BCUT2D eigenvalue weighted by atomic mass is 19.3. The molecule has 15 heavy (non-hydrogen) atoms. The molecule has 0 saturated heterocycles. The summed E-state index contributed by atoms with van der Waals surface area (Å²) in [5.74, 6) is -3.59. The van der Waals surface area contributed by atoms with Crippen molar-refractivity contribution in [3.05, 3.63) is 35.6 Å². The molecular formula is C11H14F3N. The molecule has 0 unspecified atom stereocenters. The largest absolute Gasteiger partial charge is 0.330 e. The summed E-state index contributed by atoms with van der Waals surface area (Å²) in [6.07, 6.45) is 0. The van der Waals surface area contributed by atoms with Crippen LogP contribution in [0.4, 0.5) is 13.2 Å². The van der Waals surface area contributed by atoms with Gasteiger partial charge in [-0.25, -0.2) is 13.2 Å². The summed E-state index contributed by atoms with van der Waals surface area (Å²) in [5, 5.41) is 0. The lowest BCUT2D eigenvalue weighted by atomic mass is 9.82. The summed E-state index contributed by atoms with van der Waals surface area (Å²) >= 11 is 0. The normalized spacial score (nSPS) is 12.9. The van der Waals surface area contributed by atoms with Gasteiger partial charge in [0.1, 0.15) is 5.82 Å². The fourth-order valence-electron chi connectivity index (χ4n) is 1.18. The highest BCUT2D eigenvalue weighted by Crippen LogP contribution is 2.43. The molecule has 1 rings (SSSR count). The van der Waals surface area contributed by atoms with Crippen LogP contribution in [0.2, 0.25) is 0 Å². The zero-order valence-corrected chi connectivity index (χ0v) is 8.73. The number of hydrogen-bond donors (Lipinski definition) is 1. The van der Waals surface area contributed by atoms with Crippen LogP contribution in [0.1, 0.15) is 19.4 Å². The molecule has 0 saturated carbocycles. The highest BCUT2D eigenvalue weighted by molar-refractivity contribution is 5.23. The maximum absolute atomic E-state index is 13.9. The van der Waals surface area contributed by atoms with Crippen LogP contribution in [-0.4, -0.2) is 6.54 Å². The molecule has 0 heterocycles. The average molecular weight is 217 g/mol. The standard InChI is InChI=1S/C11H14F3N/c1-10(2,7-15)11(13,14)8-3-5-9(12)6-4-8/h3-6H,7,15H2,1-2H3. The summed E-state index contributed by atoms with van der Waals surface area (Å²) in [4.78, 5) is 0. The fraction of sp³-hybridized carbons (Fsp3) is 0.455. The predicted octanol–water partition coefficient (Wildman–Crippen LogP) is 2.90. The Bertz CT molecular complexity index is 330. The van der Waals surface area contributed by atoms with E-state index in [0.717, 1.165) is 24.3 Å². The highest BCUT2D eigenvalue weighted by Gasteiger charge is 2.46. The second-order valence-corrected chi connectivity index (χ2v) is 4.17. The Morgan fingerprint density at radius 1 is 1.13 bits per heavy atom. The molecular weight excluding hydrogens is 203 g/mol. The van der Waals surface area contributed by atoms with Crippen LogP contribution >= 0.6 is 0 Å². The molecule has 1 aromatic rings. The van der Waals surface area contributed by atoms with E-state index in [1.165, 1.54) is 13.8 Å².